The van der Waals surface area contributed by atoms with Gasteiger partial charge in [-0.25, -0.2) is 0 Å². The van der Waals surface area contributed by atoms with Crippen molar-refractivity contribution < 1.29 is 14.6 Å². The Bertz CT molecular complexity index is 450. The van der Waals surface area contributed by atoms with Crippen LogP contribution in [0.1, 0.15) is 15.9 Å². The normalized spacial score (nSPS) is 19.9. The summed E-state index contributed by atoms with van der Waals surface area (Å²) >= 11 is 3.43. The van der Waals surface area contributed by atoms with Crippen molar-refractivity contribution in [3.05, 3.63) is 33.8 Å². The molecule has 0 radical (unpaired) electrons. The lowest BCUT2D eigenvalue weighted by Crippen LogP contribution is -2.47. The molecule has 0 aromatic heterocycles. The molecule has 1 saturated heterocycles. The fourth-order valence-electron chi connectivity index (χ4n) is 2.02. The van der Waals surface area contributed by atoms with Crippen LogP contribution in [-0.4, -0.2) is 48.3 Å². The number of hydrogen-bond donors (Lipinski definition) is 1. The van der Waals surface area contributed by atoms with E-state index in [0.29, 0.717) is 25.3 Å². The molecule has 1 atom stereocenters. The van der Waals surface area contributed by atoms with Crippen molar-refractivity contribution in [1.82, 2.24) is 4.90 Å². The third kappa shape index (κ3) is 2.74. The summed E-state index contributed by atoms with van der Waals surface area (Å²) in [4.78, 5) is 14.1. The van der Waals surface area contributed by atoms with E-state index in [1.807, 2.05) is 25.1 Å². The maximum atomic E-state index is 12.4. The summed E-state index contributed by atoms with van der Waals surface area (Å²) in [5.74, 6) is -0.00412. The Morgan fingerprint density at radius 2 is 2.39 bits per heavy atom. The van der Waals surface area contributed by atoms with Gasteiger partial charge in [0.05, 0.1) is 19.3 Å². The van der Waals surface area contributed by atoms with E-state index in [4.69, 9.17) is 9.84 Å². The maximum absolute atomic E-state index is 12.4. The van der Waals surface area contributed by atoms with Crippen LogP contribution < -0.4 is 0 Å². The first kappa shape index (κ1) is 13.5. The Labute approximate surface area is 115 Å². The highest BCUT2D eigenvalue weighted by atomic mass is 79.9. The molecule has 98 valence electrons. The topological polar surface area (TPSA) is 49.8 Å². The predicted molar refractivity (Wildman–Crippen MR) is 71.6 cm³/mol. The van der Waals surface area contributed by atoms with Crippen LogP contribution in [0.5, 0.6) is 0 Å². The molecule has 1 N–H and O–H groups in total. The van der Waals surface area contributed by atoms with Gasteiger partial charge in [0.25, 0.3) is 5.91 Å². The molecule has 1 aromatic carbocycles. The Balaban J connectivity index is 2.18. The second kappa shape index (κ2) is 5.82. The summed E-state index contributed by atoms with van der Waals surface area (Å²) < 4.78 is 6.28. The fraction of sp³-hybridized carbons (Fsp3) is 0.462. The number of amides is 1. The number of carbonyl (C=O) groups excluding carboxylic acids is 1. The third-order valence-electron chi connectivity index (χ3n) is 3.13. The summed E-state index contributed by atoms with van der Waals surface area (Å²) in [6.45, 7) is 3.36. The quantitative estimate of drug-likeness (QED) is 0.902. The number of benzene rings is 1. The molecule has 18 heavy (non-hydrogen) atoms. The zero-order valence-corrected chi connectivity index (χ0v) is 11.8. The molecule has 4 nitrogen and oxygen atoms in total. The zero-order valence-electron chi connectivity index (χ0n) is 10.2. The van der Waals surface area contributed by atoms with Gasteiger partial charge in [-0.15, -0.1) is 0 Å². The molecule has 1 aromatic rings. The molecule has 1 aliphatic rings. The molecule has 5 heteroatoms. The Hall–Kier alpha value is -0.910. The van der Waals surface area contributed by atoms with E-state index in [9.17, 15) is 4.79 Å². The van der Waals surface area contributed by atoms with Crippen LogP contribution >= 0.6 is 15.9 Å². The molecule has 1 heterocycles. The van der Waals surface area contributed by atoms with Gasteiger partial charge in [0.15, 0.2) is 0 Å². The SMILES string of the molecule is Cc1c(Br)cccc1C(=O)N1CCOC(CO)C1. The molecule has 0 spiro atoms. The van der Waals surface area contributed by atoms with Gasteiger partial charge in [0.2, 0.25) is 0 Å². The van der Waals surface area contributed by atoms with Crippen molar-refractivity contribution in [2.24, 2.45) is 0 Å². The van der Waals surface area contributed by atoms with Crippen LogP contribution in [0.2, 0.25) is 0 Å². The second-order valence-corrected chi connectivity index (χ2v) is 5.19. The van der Waals surface area contributed by atoms with E-state index in [1.165, 1.54) is 0 Å². The van der Waals surface area contributed by atoms with Gasteiger partial charge in [0, 0.05) is 23.1 Å². The van der Waals surface area contributed by atoms with Crippen LogP contribution in [-0.2, 0) is 4.74 Å². The van der Waals surface area contributed by atoms with Gasteiger partial charge in [-0.05, 0) is 24.6 Å². The molecule has 1 amide bonds. The molecule has 0 bridgehead atoms. The third-order valence-corrected chi connectivity index (χ3v) is 3.99. The number of carbonyl (C=O) groups is 1. The van der Waals surface area contributed by atoms with Gasteiger partial charge in [-0.3, -0.25) is 4.79 Å². The zero-order chi connectivity index (χ0) is 13.1. The average Bonchev–Trinajstić information content (AvgIpc) is 2.41. The lowest BCUT2D eigenvalue weighted by molar-refractivity contribution is -0.0447. The molecular weight excluding hydrogens is 298 g/mol. The number of nitrogens with zero attached hydrogens (tertiary/aromatic N) is 1. The highest BCUT2D eigenvalue weighted by Crippen LogP contribution is 2.21. The van der Waals surface area contributed by atoms with Crippen LogP contribution in [0, 0.1) is 6.92 Å². The lowest BCUT2D eigenvalue weighted by Gasteiger charge is -2.32. The monoisotopic (exact) mass is 313 g/mol. The first-order valence-electron chi connectivity index (χ1n) is 5.90. The summed E-state index contributed by atoms with van der Waals surface area (Å²) in [6.07, 6.45) is -0.268. The summed E-state index contributed by atoms with van der Waals surface area (Å²) in [5.41, 5.74) is 1.64. The number of hydrogen-bond acceptors (Lipinski definition) is 3. The lowest BCUT2D eigenvalue weighted by atomic mass is 10.1. The van der Waals surface area contributed by atoms with Gasteiger partial charge in [-0.1, -0.05) is 22.0 Å². The molecule has 0 aliphatic carbocycles. The Kier molecular flexibility index (Phi) is 4.37. The van der Waals surface area contributed by atoms with Crippen molar-refractivity contribution in [1.29, 1.82) is 0 Å². The highest BCUT2D eigenvalue weighted by molar-refractivity contribution is 9.10. The molecule has 1 fully saturated rings. The minimum Gasteiger partial charge on any atom is -0.394 e. The van der Waals surface area contributed by atoms with E-state index >= 15 is 0 Å². The largest absolute Gasteiger partial charge is 0.394 e. The van der Waals surface area contributed by atoms with Crippen molar-refractivity contribution in [3.8, 4) is 0 Å². The van der Waals surface area contributed by atoms with Crippen molar-refractivity contribution >= 4 is 21.8 Å². The molecule has 2 rings (SSSR count). The van der Waals surface area contributed by atoms with E-state index in [2.05, 4.69) is 15.9 Å². The average molecular weight is 314 g/mol. The van der Waals surface area contributed by atoms with Gasteiger partial charge in [-0.2, -0.15) is 0 Å². The maximum Gasteiger partial charge on any atom is 0.254 e. The molecular formula is C13H16BrNO3. The second-order valence-electron chi connectivity index (χ2n) is 4.34. The molecule has 1 aliphatic heterocycles. The molecule has 0 saturated carbocycles. The first-order chi connectivity index (χ1) is 8.63. The van der Waals surface area contributed by atoms with E-state index < -0.39 is 0 Å². The van der Waals surface area contributed by atoms with Gasteiger partial charge in [0.1, 0.15) is 0 Å². The minimum absolute atomic E-state index is 0.00412. The summed E-state index contributed by atoms with van der Waals surface area (Å²) in [6, 6.07) is 5.60. The number of aliphatic hydroxyl groups excluding tert-OH is 1. The number of aliphatic hydroxyl groups is 1. The van der Waals surface area contributed by atoms with E-state index in [1.54, 1.807) is 4.90 Å². The number of rotatable bonds is 2. The molecule has 1 unspecified atom stereocenters. The van der Waals surface area contributed by atoms with Crippen molar-refractivity contribution in [3.63, 3.8) is 0 Å². The Morgan fingerprint density at radius 3 is 3.11 bits per heavy atom. The van der Waals surface area contributed by atoms with Crippen LogP contribution in [0.25, 0.3) is 0 Å². The summed E-state index contributed by atoms with van der Waals surface area (Å²) in [7, 11) is 0. The standard InChI is InChI=1S/C13H16BrNO3/c1-9-11(3-2-4-12(9)14)13(17)15-5-6-18-10(7-15)8-16/h2-4,10,16H,5-8H2,1H3. The first-order valence-corrected chi connectivity index (χ1v) is 6.69. The van der Waals surface area contributed by atoms with Crippen LogP contribution in [0.4, 0.5) is 0 Å². The number of ether oxygens (including phenoxy) is 1. The fourth-order valence-corrected chi connectivity index (χ4v) is 2.39. The van der Waals surface area contributed by atoms with Crippen LogP contribution in [0.3, 0.4) is 0 Å². The van der Waals surface area contributed by atoms with Crippen molar-refractivity contribution in [2.75, 3.05) is 26.3 Å². The van der Waals surface area contributed by atoms with E-state index in [-0.39, 0.29) is 18.6 Å². The van der Waals surface area contributed by atoms with Gasteiger partial charge < -0.3 is 14.7 Å². The smallest absolute Gasteiger partial charge is 0.254 e. The van der Waals surface area contributed by atoms with Gasteiger partial charge >= 0.3 is 0 Å². The summed E-state index contributed by atoms with van der Waals surface area (Å²) in [5, 5.41) is 9.09. The number of halogens is 1. The Morgan fingerprint density at radius 1 is 1.61 bits per heavy atom. The van der Waals surface area contributed by atoms with Crippen LogP contribution in [0.15, 0.2) is 22.7 Å². The van der Waals surface area contributed by atoms with E-state index in [0.717, 1.165) is 10.0 Å². The van der Waals surface area contributed by atoms with Crippen molar-refractivity contribution in [2.45, 2.75) is 13.0 Å². The number of morpholine rings is 1. The predicted octanol–water partition coefficient (Wildman–Crippen LogP) is 1.59. The minimum atomic E-state index is -0.268. The highest BCUT2D eigenvalue weighted by Gasteiger charge is 2.25.